The Morgan fingerprint density at radius 2 is 1.58 bits per heavy atom. The predicted molar refractivity (Wildman–Crippen MR) is 237 cm³/mol. The molecule has 0 atom stereocenters. The lowest BCUT2D eigenvalue weighted by Gasteiger charge is -2.29. The van der Waals surface area contributed by atoms with Gasteiger partial charge in [0.1, 0.15) is 12.0 Å². The average Bonchev–Trinajstić information content (AvgIpc) is 3.41. The van der Waals surface area contributed by atoms with E-state index in [9.17, 15) is 9.90 Å². The summed E-state index contributed by atoms with van der Waals surface area (Å²) in [7, 11) is 1.89. The number of phenolic OH excluding ortho intramolecular Hbond substituents is 1. The van der Waals surface area contributed by atoms with Crippen LogP contribution in [0.5, 0.6) is 5.75 Å². The maximum absolute atomic E-state index is 10.9. The van der Waals surface area contributed by atoms with Crippen molar-refractivity contribution in [3.63, 3.8) is 0 Å². The predicted octanol–water partition coefficient (Wildman–Crippen LogP) is 13.0. The standard InChI is InChI=1S/C31H44N2O.C17H19NO.C2H6/c1-6-17-32(20-16-24(2)3)18-8-7-9-19-33-26(5)25(4)30-22-29(14-15-31(30)33)21-27-10-12-28(23-34)13-11-27;1-18-14-10-15(12-8-5-9-12)17(16(19)11-14)13-6-3-2-4-7-13;1-2/h10-15,22-24H,6-9,16-21H2,1-5H3;2-4,6-7,10-12,18-19H,5,8-9H2,1H3;1-2H3. The van der Waals surface area contributed by atoms with Gasteiger partial charge in [0, 0.05) is 53.1 Å². The number of unbranched alkanes of at least 4 members (excludes halogenated alkanes) is 2. The number of hydrogen-bond donors (Lipinski definition) is 2. The van der Waals surface area contributed by atoms with Crippen LogP contribution >= 0.6 is 0 Å². The van der Waals surface area contributed by atoms with Crippen LogP contribution in [0.25, 0.3) is 22.0 Å². The fourth-order valence-electron chi connectivity index (χ4n) is 7.67. The van der Waals surface area contributed by atoms with Gasteiger partial charge in [-0.05, 0) is 136 Å². The molecule has 55 heavy (non-hydrogen) atoms. The summed E-state index contributed by atoms with van der Waals surface area (Å²) in [5, 5.41) is 14.9. The van der Waals surface area contributed by atoms with Crippen molar-refractivity contribution in [1.82, 2.24) is 9.47 Å². The van der Waals surface area contributed by atoms with Crippen LogP contribution in [0.2, 0.25) is 0 Å². The van der Waals surface area contributed by atoms with Gasteiger partial charge in [-0.1, -0.05) is 108 Å². The third-order valence-corrected chi connectivity index (χ3v) is 11.2. The zero-order chi connectivity index (χ0) is 39.7. The van der Waals surface area contributed by atoms with Gasteiger partial charge in [0.25, 0.3) is 0 Å². The van der Waals surface area contributed by atoms with Gasteiger partial charge in [0.15, 0.2) is 0 Å². The summed E-state index contributed by atoms with van der Waals surface area (Å²) in [6, 6.07) is 29.0. The summed E-state index contributed by atoms with van der Waals surface area (Å²) in [4.78, 5) is 13.6. The number of hydrogen-bond acceptors (Lipinski definition) is 4. The van der Waals surface area contributed by atoms with E-state index in [-0.39, 0.29) is 0 Å². The molecule has 0 radical (unpaired) electrons. The Morgan fingerprint density at radius 3 is 2.20 bits per heavy atom. The van der Waals surface area contributed by atoms with Crippen LogP contribution in [-0.4, -0.2) is 47.5 Å². The second-order valence-corrected chi connectivity index (χ2v) is 15.5. The number of nitrogens with zero attached hydrogens (tertiary/aromatic N) is 2. The molecule has 5 heteroatoms. The van der Waals surface area contributed by atoms with Crippen molar-refractivity contribution in [2.75, 3.05) is 32.0 Å². The molecule has 1 aliphatic carbocycles. The van der Waals surface area contributed by atoms with Crippen molar-refractivity contribution in [3.05, 3.63) is 118 Å². The second kappa shape index (κ2) is 22.3. The van der Waals surface area contributed by atoms with Gasteiger partial charge >= 0.3 is 0 Å². The molecule has 1 heterocycles. The SMILES string of the molecule is CC.CCCN(CCCCCn1c(C)c(C)c2cc(Cc3ccc(C=O)cc3)ccc21)CCC(C)C.CNc1cc(O)c(-c2ccccc2)c(C2CCC2)c1. The van der Waals surface area contributed by atoms with Crippen molar-refractivity contribution >= 4 is 22.9 Å². The minimum Gasteiger partial charge on any atom is -0.507 e. The Bertz CT molecular complexity index is 1890. The highest BCUT2D eigenvalue weighted by atomic mass is 16.3. The number of carbonyl (C=O) groups excluding carboxylic acids is 1. The molecule has 5 aromatic rings. The topological polar surface area (TPSA) is 57.5 Å². The highest BCUT2D eigenvalue weighted by Gasteiger charge is 2.25. The molecule has 0 bridgehead atoms. The molecule has 1 saturated carbocycles. The van der Waals surface area contributed by atoms with Crippen LogP contribution in [0.15, 0.2) is 84.9 Å². The lowest BCUT2D eigenvalue weighted by molar-refractivity contribution is 0.112. The van der Waals surface area contributed by atoms with Gasteiger partial charge in [-0.3, -0.25) is 4.79 Å². The Labute approximate surface area is 333 Å². The molecule has 0 saturated heterocycles. The minimum atomic E-state index is 0.375. The zero-order valence-electron chi connectivity index (χ0n) is 35.3. The van der Waals surface area contributed by atoms with E-state index in [0.29, 0.717) is 11.7 Å². The third-order valence-electron chi connectivity index (χ3n) is 11.2. The van der Waals surface area contributed by atoms with Crippen LogP contribution in [0.4, 0.5) is 5.69 Å². The summed E-state index contributed by atoms with van der Waals surface area (Å²) >= 11 is 0. The molecule has 5 nitrogen and oxygen atoms in total. The van der Waals surface area contributed by atoms with Gasteiger partial charge in [-0.2, -0.15) is 0 Å². The number of phenols is 1. The van der Waals surface area contributed by atoms with Crippen LogP contribution in [0, 0.1) is 19.8 Å². The number of aldehydes is 1. The molecule has 1 aliphatic rings. The van der Waals surface area contributed by atoms with E-state index in [2.05, 4.69) is 97.9 Å². The summed E-state index contributed by atoms with van der Waals surface area (Å²) in [6.07, 6.45) is 11.9. The van der Waals surface area contributed by atoms with Gasteiger partial charge in [-0.25, -0.2) is 0 Å². The number of benzene rings is 4. The van der Waals surface area contributed by atoms with Crippen molar-refractivity contribution in [1.29, 1.82) is 0 Å². The van der Waals surface area contributed by atoms with Crippen LogP contribution in [-0.2, 0) is 13.0 Å². The maximum atomic E-state index is 10.9. The molecule has 1 fully saturated rings. The van der Waals surface area contributed by atoms with E-state index >= 15 is 0 Å². The monoisotopic (exact) mass is 744 g/mol. The highest BCUT2D eigenvalue weighted by molar-refractivity contribution is 5.86. The highest BCUT2D eigenvalue weighted by Crippen LogP contribution is 2.45. The number of anilines is 1. The van der Waals surface area contributed by atoms with Crippen LogP contribution in [0.1, 0.15) is 130 Å². The first-order valence-electron chi connectivity index (χ1n) is 21.2. The number of aromatic nitrogens is 1. The fraction of sp³-hybridized carbons (Fsp3) is 0.460. The van der Waals surface area contributed by atoms with E-state index in [4.69, 9.17) is 0 Å². The first-order chi connectivity index (χ1) is 26.7. The van der Waals surface area contributed by atoms with Crippen molar-refractivity contribution < 1.29 is 9.90 Å². The first-order valence-corrected chi connectivity index (χ1v) is 21.2. The number of aromatic hydroxyl groups is 1. The molecule has 1 aromatic heterocycles. The van der Waals surface area contributed by atoms with Gasteiger partial charge < -0.3 is 19.9 Å². The number of rotatable bonds is 17. The summed E-state index contributed by atoms with van der Waals surface area (Å²) in [5.74, 6) is 1.76. The maximum Gasteiger partial charge on any atom is 0.150 e. The Balaban J connectivity index is 0.000000269. The summed E-state index contributed by atoms with van der Waals surface area (Å²) in [5.41, 5.74) is 11.8. The molecule has 0 aliphatic heterocycles. The molecule has 296 valence electrons. The molecule has 0 spiro atoms. The Kier molecular flexibility index (Phi) is 17.6. The molecule has 2 N–H and O–H groups in total. The van der Waals surface area contributed by atoms with E-state index in [1.807, 2.05) is 57.3 Å². The van der Waals surface area contributed by atoms with Crippen LogP contribution < -0.4 is 5.32 Å². The number of carbonyl (C=O) groups is 1. The quantitative estimate of drug-likeness (QED) is 0.0735. The zero-order valence-corrected chi connectivity index (χ0v) is 35.3. The largest absolute Gasteiger partial charge is 0.507 e. The number of aryl methyl sites for hydroxylation is 2. The molecule has 4 aromatic carbocycles. The molecule has 0 amide bonds. The van der Waals surface area contributed by atoms with E-state index in [1.54, 1.807) is 0 Å². The van der Waals surface area contributed by atoms with Crippen molar-refractivity contribution in [2.45, 2.75) is 119 Å². The third kappa shape index (κ3) is 12.1. The normalized spacial score (nSPS) is 12.5. The second-order valence-electron chi connectivity index (χ2n) is 15.5. The minimum absolute atomic E-state index is 0.375. The van der Waals surface area contributed by atoms with Gasteiger partial charge in [0.2, 0.25) is 0 Å². The molecule has 0 unspecified atom stereocenters. The van der Waals surface area contributed by atoms with Crippen LogP contribution in [0.3, 0.4) is 0 Å². The number of fused-ring (bicyclic) bond motifs is 1. The summed E-state index contributed by atoms with van der Waals surface area (Å²) in [6.45, 7) is 20.3. The summed E-state index contributed by atoms with van der Waals surface area (Å²) < 4.78 is 2.52. The van der Waals surface area contributed by atoms with Crippen molar-refractivity contribution in [3.8, 4) is 16.9 Å². The molecular formula is C50H69N3O2. The van der Waals surface area contributed by atoms with E-state index < -0.39 is 0 Å². The Morgan fingerprint density at radius 1 is 0.873 bits per heavy atom. The first kappa shape index (κ1) is 43.4. The van der Waals surface area contributed by atoms with Crippen molar-refractivity contribution in [2.24, 2.45) is 5.92 Å². The van der Waals surface area contributed by atoms with Gasteiger partial charge in [0.05, 0.1) is 0 Å². The fourth-order valence-corrected chi connectivity index (χ4v) is 7.67. The Hall–Kier alpha value is -4.35. The smallest absolute Gasteiger partial charge is 0.150 e. The lowest BCUT2D eigenvalue weighted by Crippen LogP contribution is -2.27. The van der Waals surface area contributed by atoms with E-state index in [0.717, 1.165) is 47.5 Å². The average molecular weight is 744 g/mol. The number of nitrogens with one attached hydrogen (secondary N) is 1. The van der Waals surface area contributed by atoms with E-state index in [1.165, 1.54) is 110 Å². The lowest BCUT2D eigenvalue weighted by atomic mass is 9.76. The molecular weight excluding hydrogens is 675 g/mol. The van der Waals surface area contributed by atoms with Gasteiger partial charge in [-0.15, -0.1) is 0 Å². The molecule has 6 rings (SSSR count).